The fourth-order valence-electron chi connectivity index (χ4n) is 2.77. The van der Waals surface area contributed by atoms with Crippen LogP contribution in [0.15, 0.2) is 42.5 Å². The molecule has 1 N–H and O–H groups in total. The highest BCUT2D eigenvalue weighted by molar-refractivity contribution is 6.30. The third-order valence-corrected chi connectivity index (χ3v) is 3.85. The molecule has 0 amide bonds. The fourth-order valence-corrected chi connectivity index (χ4v) is 2.96. The van der Waals surface area contributed by atoms with E-state index in [0.29, 0.717) is 12.6 Å². The van der Waals surface area contributed by atoms with Crippen LogP contribution in [0, 0.1) is 0 Å². The van der Waals surface area contributed by atoms with Crippen LogP contribution in [0.3, 0.4) is 0 Å². The lowest BCUT2D eigenvalue weighted by Crippen LogP contribution is -2.19. The SMILES string of the molecule is CCOc1cccc(NC2Cc3ccc(Cl)cc3C2)c1. The van der Waals surface area contributed by atoms with Crippen molar-refractivity contribution in [3.05, 3.63) is 58.6 Å². The van der Waals surface area contributed by atoms with Gasteiger partial charge in [0.25, 0.3) is 0 Å². The first-order valence-corrected chi connectivity index (χ1v) is 7.39. The molecule has 0 fully saturated rings. The van der Waals surface area contributed by atoms with Crippen LogP contribution in [0.2, 0.25) is 5.02 Å². The number of rotatable bonds is 4. The number of ether oxygens (including phenoxy) is 1. The quantitative estimate of drug-likeness (QED) is 0.904. The molecule has 0 aliphatic heterocycles. The molecule has 20 heavy (non-hydrogen) atoms. The second-order valence-electron chi connectivity index (χ2n) is 5.12. The summed E-state index contributed by atoms with van der Waals surface area (Å²) in [5.41, 5.74) is 3.86. The molecule has 0 aromatic heterocycles. The van der Waals surface area contributed by atoms with Crippen LogP contribution < -0.4 is 10.1 Å². The van der Waals surface area contributed by atoms with Crippen LogP contribution in [0.5, 0.6) is 5.75 Å². The van der Waals surface area contributed by atoms with Crippen LogP contribution in [-0.4, -0.2) is 12.6 Å². The zero-order valence-corrected chi connectivity index (χ0v) is 12.3. The molecule has 104 valence electrons. The van der Waals surface area contributed by atoms with Gasteiger partial charge in [-0.2, -0.15) is 0 Å². The lowest BCUT2D eigenvalue weighted by molar-refractivity contribution is 0.340. The maximum absolute atomic E-state index is 6.05. The van der Waals surface area contributed by atoms with Crippen molar-refractivity contribution in [3.63, 3.8) is 0 Å². The summed E-state index contributed by atoms with van der Waals surface area (Å²) in [6, 6.07) is 14.8. The molecule has 3 rings (SSSR count). The summed E-state index contributed by atoms with van der Waals surface area (Å²) in [7, 11) is 0. The Morgan fingerprint density at radius 2 is 2.00 bits per heavy atom. The Morgan fingerprint density at radius 3 is 2.85 bits per heavy atom. The van der Waals surface area contributed by atoms with Gasteiger partial charge in [0.1, 0.15) is 5.75 Å². The van der Waals surface area contributed by atoms with Gasteiger partial charge in [0, 0.05) is 22.8 Å². The standard InChI is InChI=1S/C17H18ClNO/c1-2-20-17-5-3-4-15(11-17)19-16-9-12-6-7-14(18)8-13(12)10-16/h3-8,11,16,19H,2,9-10H2,1H3. The van der Waals surface area contributed by atoms with Crippen molar-refractivity contribution in [1.82, 2.24) is 0 Å². The number of anilines is 1. The molecular weight excluding hydrogens is 270 g/mol. The minimum Gasteiger partial charge on any atom is -0.494 e. The van der Waals surface area contributed by atoms with Crippen molar-refractivity contribution < 1.29 is 4.74 Å². The minimum atomic E-state index is 0.431. The van der Waals surface area contributed by atoms with Gasteiger partial charge in [-0.15, -0.1) is 0 Å². The molecule has 1 aliphatic carbocycles. The first-order valence-electron chi connectivity index (χ1n) is 7.01. The van der Waals surface area contributed by atoms with E-state index < -0.39 is 0 Å². The van der Waals surface area contributed by atoms with Crippen molar-refractivity contribution in [2.24, 2.45) is 0 Å². The van der Waals surface area contributed by atoms with E-state index in [-0.39, 0.29) is 0 Å². The Labute approximate surface area is 124 Å². The van der Waals surface area contributed by atoms with Gasteiger partial charge in [0.2, 0.25) is 0 Å². The predicted molar refractivity (Wildman–Crippen MR) is 83.9 cm³/mol. The zero-order chi connectivity index (χ0) is 13.9. The summed E-state index contributed by atoms with van der Waals surface area (Å²) >= 11 is 6.05. The Kier molecular flexibility index (Phi) is 3.83. The monoisotopic (exact) mass is 287 g/mol. The van der Waals surface area contributed by atoms with Crippen LogP contribution in [0.25, 0.3) is 0 Å². The van der Waals surface area contributed by atoms with E-state index in [1.54, 1.807) is 0 Å². The fraction of sp³-hybridized carbons (Fsp3) is 0.294. The van der Waals surface area contributed by atoms with E-state index in [4.69, 9.17) is 16.3 Å². The molecule has 0 heterocycles. The Bertz CT molecular complexity index is 612. The van der Waals surface area contributed by atoms with Gasteiger partial charge in [-0.05, 0) is 55.2 Å². The summed E-state index contributed by atoms with van der Waals surface area (Å²) in [6.07, 6.45) is 2.07. The molecule has 1 atom stereocenters. The molecule has 0 saturated carbocycles. The molecule has 0 radical (unpaired) electrons. The van der Waals surface area contributed by atoms with Crippen molar-refractivity contribution in [2.45, 2.75) is 25.8 Å². The minimum absolute atomic E-state index is 0.431. The van der Waals surface area contributed by atoms with Crippen LogP contribution in [-0.2, 0) is 12.8 Å². The summed E-state index contributed by atoms with van der Waals surface area (Å²) in [4.78, 5) is 0. The average molecular weight is 288 g/mol. The third kappa shape index (κ3) is 2.91. The largest absolute Gasteiger partial charge is 0.494 e. The average Bonchev–Trinajstić information content (AvgIpc) is 2.81. The summed E-state index contributed by atoms with van der Waals surface area (Å²) in [5, 5.41) is 4.40. The topological polar surface area (TPSA) is 21.3 Å². The van der Waals surface area contributed by atoms with E-state index in [9.17, 15) is 0 Å². The summed E-state index contributed by atoms with van der Waals surface area (Å²) < 4.78 is 5.53. The first-order chi connectivity index (χ1) is 9.74. The van der Waals surface area contributed by atoms with Gasteiger partial charge < -0.3 is 10.1 Å². The Hall–Kier alpha value is -1.67. The van der Waals surface area contributed by atoms with Gasteiger partial charge >= 0.3 is 0 Å². The zero-order valence-electron chi connectivity index (χ0n) is 11.5. The smallest absolute Gasteiger partial charge is 0.121 e. The molecule has 0 saturated heterocycles. The lowest BCUT2D eigenvalue weighted by Gasteiger charge is -2.14. The molecule has 1 unspecified atom stereocenters. The molecule has 2 nitrogen and oxygen atoms in total. The van der Waals surface area contributed by atoms with Gasteiger partial charge in [-0.1, -0.05) is 23.7 Å². The lowest BCUT2D eigenvalue weighted by atomic mass is 10.1. The first kappa shape index (κ1) is 13.3. The number of halogens is 1. The Morgan fingerprint density at radius 1 is 1.15 bits per heavy atom. The Balaban J connectivity index is 1.70. The summed E-state index contributed by atoms with van der Waals surface area (Å²) in [5.74, 6) is 0.913. The van der Waals surface area contributed by atoms with Gasteiger partial charge in [-0.3, -0.25) is 0 Å². The predicted octanol–water partition coefficient (Wildman–Crippen LogP) is 4.32. The van der Waals surface area contributed by atoms with Gasteiger partial charge in [0.15, 0.2) is 0 Å². The highest BCUT2D eigenvalue weighted by atomic mass is 35.5. The molecular formula is C17H18ClNO. The maximum atomic E-state index is 6.05. The van der Waals surface area contributed by atoms with Crippen LogP contribution in [0.4, 0.5) is 5.69 Å². The molecule has 2 aromatic rings. The van der Waals surface area contributed by atoms with E-state index in [0.717, 1.165) is 29.3 Å². The molecule has 0 bridgehead atoms. The second-order valence-corrected chi connectivity index (χ2v) is 5.56. The number of benzene rings is 2. The number of hydrogen-bond donors (Lipinski definition) is 1. The molecule has 1 aliphatic rings. The van der Waals surface area contributed by atoms with Crippen molar-refractivity contribution in [1.29, 1.82) is 0 Å². The second kappa shape index (κ2) is 5.76. The maximum Gasteiger partial charge on any atom is 0.121 e. The third-order valence-electron chi connectivity index (χ3n) is 3.62. The van der Waals surface area contributed by atoms with Crippen molar-refractivity contribution >= 4 is 17.3 Å². The molecule has 0 spiro atoms. The van der Waals surface area contributed by atoms with Crippen molar-refractivity contribution in [2.75, 3.05) is 11.9 Å². The van der Waals surface area contributed by atoms with Gasteiger partial charge in [-0.25, -0.2) is 0 Å². The van der Waals surface area contributed by atoms with E-state index in [1.807, 2.05) is 25.1 Å². The highest BCUT2D eigenvalue weighted by Crippen LogP contribution is 2.28. The highest BCUT2D eigenvalue weighted by Gasteiger charge is 2.21. The van der Waals surface area contributed by atoms with Crippen LogP contribution >= 0.6 is 11.6 Å². The number of nitrogens with one attached hydrogen (secondary N) is 1. The normalized spacial score (nSPS) is 16.8. The van der Waals surface area contributed by atoms with E-state index in [1.165, 1.54) is 11.1 Å². The molecule has 3 heteroatoms. The number of fused-ring (bicyclic) bond motifs is 1. The van der Waals surface area contributed by atoms with Gasteiger partial charge in [0.05, 0.1) is 6.61 Å². The molecule has 2 aromatic carbocycles. The summed E-state index contributed by atoms with van der Waals surface area (Å²) in [6.45, 7) is 2.69. The van der Waals surface area contributed by atoms with E-state index >= 15 is 0 Å². The number of hydrogen-bond acceptors (Lipinski definition) is 2. The van der Waals surface area contributed by atoms with Crippen LogP contribution in [0.1, 0.15) is 18.1 Å². The van der Waals surface area contributed by atoms with E-state index in [2.05, 4.69) is 29.6 Å². The van der Waals surface area contributed by atoms with Crippen molar-refractivity contribution in [3.8, 4) is 5.75 Å².